The van der Waals surface area contributed by atoms with Crippen LogP contribution in [0.5, 0.6) is 0 Å². The molecule has 1 aliphatic heterocycles. The van der Waals surface area contributed by atoms with Crippen molar-refractivity contribution in [1.82, 2.24) is 0 Å². The van der Waals surface area contributed by atoms with Crippen LogP contribution in [0.4, 0.5) is 0 Å². The minimum Gasteiger partial charge on any atom is -0.300 e. The summed E-state index contributed by atoms with van der Waals surface area (Å²) in [5, 5.41) is 0. The van der Waals surface area contributed by atoms with Crippen LogP contribution in [-0.4, -0.2) is 13.9 Å². The van der Waals surface area contributed by atoms with Gasteiger partial charge in [0.05, 0.1) is 8.07 Å². The SMILES string of the molecule is C[Si]1(C)CCCCC(=O)C1. The molecule has 0 aromatic carbocycles. The maximum atomic E-state index is 11.1. The Kier molecular flexibility index (Phi) is 2.29. The van der Waals surface area contributed by atoms with Gasteiger partial charge < -0.3 is 4.79 Å². The molecule has 1 saturated heterocycles. The molecule has 0 amide bonds. The third-order valence-corrected chi connectivity index (χ3v) is 5.29. The number of Topliss-reactive ketones (excluding diaryl/α,β-unsaturated/α-hetero) is 1. The fraction of sp³-hybridized carbons (Fsp3) is 0.875. The van der Waals surface area contributed by atoms with Gasteiger partial charge in [-0.25, -0.2) is 0 Å². The van der Waals surface area contributed by atoms with Gasteiger partial charge in [0, 0.05) is 12.5 Å². The predicted molar refractivity (Wildman–Crippen MR) is 46.0 cm³/mol. The van der Waals surface area contributed by atoms with Gasteiger partial charge in [0.15, 0.2) is 0 Å². The molecule has 0 unspecified atom stereocenters. The lowest BCUT2D eigenvalue weighted by Crippen LogP contribution is -2.26. The second-order valence-electron chi connectivity index (χ2n) is 4.09. The summed E-state index contributed by atoms with van der Waals surface area (Å²) in [6, 6.07) is 2.30. The normalized spacial score (nSPS) is 26.0. The van der Waals surface area contributed by atoms with E-state index in [2.05, 4.69) is 13.1 Å². The number of carbonyl (C=O) groups is 1. The fourth-order valence-electron chi connectivity index (χ4n) is 1.64. The van der Waals surface area contributed by atoms with Crippen LogP contribution in [0.15, 0.2) is 0 Å². The average Bonchev–Trinajstić information content (AvgIpc) is 1.90. The lowest BCUT2D eigenvalue weighted by atomic mass is 10.2. The van der Waals surface area contributed by atoms with E-state index in [1.807, 2.05) is 0 Å². The molecule has 0 N–H and O–H groups in total. The van der Waals surface area contributed by atoms with Gasteiger partial charge >= 0.3 is 0 Å². The van der Waals surface area contributed by atoms with Gasteiger partial charge in [0.2, 0.25) is 0 Å². The Morgan fingerprint density at radius 2 is 2.00 bits per heavy atom. The molecular weight excluding hydrogens is 140 g/mol. The number of ketones is 1. The first-order chi connectivity index (χ1) is 4.60. The van der Waals surface area contributed by atoms with Gasteiger partial charge in [0.25, 0.3) is 0 Å². The van der Waals surface area contributed by atoms with Gasteiger partial charge in [-0.3, -0.25) is 0 Å². The molecule has 0 aromatic heterocycles. The van der Waals surface area contributed by atoms with Crippen molar-refractivity contribution in [2.75, 3.05) is 0 Å². The first kappa shape index (κ1) is 7.99. The first-order valence-electron chi connectivity index (χ1n) is 4.12. The Balaban J connectivity index is 2.54. The molecule has 0 spiro atoms. The van der Waals surface area contributed by atoms with Crippen LogP contribution < -0.4 is 0 Å². The van der Waals surface area contributed by atoms with E-state index in [-0.39, 0.29) is 0 Å². The highest BCUT2D eigenvalue weighted by Gasteiger charge is 2.25. The van der Waals surface area contributed by atoms with Gasteiger partial charge in [0.1, 0.15) is 5.78 Å². The molecule has 1 fully saturated rings. The van der Waals surface area contributed by atoms with Crippen LogP contribution in [0.25, 0.3) is 0 Å². The van der Waals surface area contributed by atoms with Crippen LogP contribution in [0.3, 0.4) is 0 Å². The topological polar surface area (TPSA) is 17.1 Å². The Labute approximate surface area is 63.8 Å². The van der Waals surface area contributed by atoms with E-state index in [1.165, 1.54) is 12.5 Å². The monoisotopic (exact) mass is 156 g/mol. The lowest BCUT2D eigenvalue weighted by molar-refractivity contribution is -0.117. The summed E-state index contributed by atoms with van der Waals surface area (Å²) in [7, 11) is -1.05. The van der Waals surface area contributed by atoms with Crippen molar-refractivity contribution in [3.63, 3.8) is 0 Å². The molecule has 1 rings (SSSR count). The summed E-state index contributed by atoms with van der Waals surface area (Å²) >= 11 is 0. The van der Waals surface area contributed by atoms with Crippen molar-refractivity contribution in [1.29, 1.82) is 0 Å². The zero-order valence-corrected chi connectivity index (χ0v) is 7.94. The van der Waals surface area contributed by atoms with E-state index in [0.29, 0.717) is 5.78 Å². The molecule has 10 heavy (non-hydrogen) atoms. The average molecular weight is 156 g/mol. The molecule has 1 heterocycles. The van der Waals surface area contributed by atoms with Gasteiger partial charge in [-0.05, 0) is 6.42 Å². The van der Waals surface area contributed by atoms with Crippen LogP contribution in [0, 0.1) is 0 Å². The summed E-state index contributed by atoms with van der Waals surface area (Å²) in [5.74, 6) is 0.522. The number of rotatable bonds is 0. The molecule has 1 nitrogen and oxygen atoms in total. The largest absolute Gasteiger partial charge is 0.300 e. The van der Waals surface area contributed by atoms with Crippen LogP contribution in [0.1, 0.15) is 19.3 Å². The van der Waals surface area contributed by atoms with E-state index in [0.717, 1.165) is 18.9 Å². The Morgan fingerprint density at radius 1 is 1.30 bits per heavy atom. The maximum absolute atomic E-state index is 11.1. The van der Waals surface area contributed by atoms with Crippen LogP contribution in [-0.2, 0) is 4.79 Å². The zero-order chi connectivity index (χ0) is 7.61. The number of hydrogen-bond donors (Lipinski definition) is 0. The minimum atomic E-state index is -1.05. The number of hydrogen-bond acceptors (Lipinski definition) is 1. The molecule has 2 heteroatoms. The van der Waals surface area contributed by atoms with Crippen molar-refractivity contribution < 1.29 is 4.79 Å². The Morgan fingerprint density at radius 3 is 2.70 bits per heavy atom. The molecule has 0 atom stereocenters. The minimum absolute atomic E-state index is 0.522. The van der Waals surface area contributed by atoms with Gasteiger partial charge in [-0.1, -0.05) is 25.6 Å². The Bertz CT molecular complexity index is 140. The quantitative estimate of drug-likeness (QED) is 0.492. The van der Waals surface area contributed by atoms with Crippen LogP contribution >= 0.6 is 0 Å². The van der Waals surface area contributed by atoms with Crippen molar-refractivity contribution in [3.8, 4) is 0 Å². The van der Waals surface area contributed by atoms with Crippen molar-refractivity contribution in [3.05, 3.63) is 0 Å². The van der Waals surface area contributed by atoms with Crippen molar-refractivity contribution in [2.45, 2.75) is 44.4 Å². The van der Waals surface area contributed by atoms with E-state index < -0.39 is 8.07 Å². The standard InChI is InChI=1S/C8H16OSi/c1-10(2)6-4-3-5-8(9)7-10/h3-7H2,1-2H3. The lowest BCUT2D eigenvalue weighted by Gasteiger charge is -2.17. The highest BCUT2D eigenvalue weighted by molar-refractivity contribution is 6.80. The molecular formula is C8H16OSi. The summed E-state index contributed by atoms with van der Waals surface area (Å²) in [6.45, 7) is 4.66. The van der Waals surface area contributed by atoms with Gasteiger partial charge in [-0.2, -0.15) is 0 Å². The highest BCUT2D eigenvalue weighted by Crippen LogP contribution is 2.24. The molecule has 58 valence electrons. The van der Waals surface area contributed by atoms with Gasteiger partial charge in [-0.15, -0.1) is 0 Å². The third-order valence-electron chi connectivity index (χ3n) is 2.23. The predicted octanol–water partition coefficient (Wildman–Crippen LogP) is 2.45. The first-order valence-corrected chi connectivity index (χ1v) is 7.53. The van der Waals surface area contributed by atoms with E-state index in [9.17, 15) is 4.79 Å². The Hall–Kier alpha value is -0.113. The third kappa shape index (κ3) is 2.25. The molecule has 0 aliphatic carbocycles. The number of carbonyl (C=O) groups excluding carboxylic acids is 1. The summed E-state index contributed by atoms with van der Waals surface area (Å²) in [6.07, 6.45) is 3.30. The van der Waals surface area contributed by atoms with E-state index >= 15 is 0 Å². The molecule has 1 aliphatic rings. The fourth-order valence-corrected chi connectivity index (χ4v) is 4.26. The molecule has 0 aromatic rings. The van der Waals surface area contributed by atoms with Crippen molar-refractivity contribution in [2.24, 2.45) is 0 Å². The second kappa shape index (κ2) is 2.87. The molecule has 0 saturated carbocycles. The summed E-state index contributed by atoms with van der Waals surface area (Å²) in [5.41, 5.74) is 0. The second-order valence-corrected chi connectivity index (χ2v) is 9.27. The molecule has 0 radical (unpaired) electrons. The smallest absolute Gasteiger partial charge is 0.130 e. The summed E-state index contributed by atoms with van der Waals surface area (Å²) in [4.78, 5) is 11.1. The van der Waals surface area contributed by atoms with Crippen LogP contribution in [0.2, 0.25) is 25.2 Å². The summed E-state index contributed by atoms with van der Waals surface area (Å²) < 4.78 is 0. The maximum Gasteiger partial charge on any atom is 0.130 e. The zero-order valence-electron chi connectivity index (χ0n) is 6.94. The van der Waals surface area contributed by atoms with E-state index in [1.54, 1.807) is 0 Å². The highest BCUT2D eigenvalue weighted by atomic mass is 28.3. The molecule has 0 bridgehead atoms. The van der Waals surface area contributed by atoms with E-state index in [4.69, 9.17) is 0 Å². The van der Waals surface area contributed by atoms with Crippen molar-refractivity contribution >= 4 is 13.9 Å².